The molecule has 0 radical (unpaired) electrons. The van der Waals surface area contributed by atoms with Crippen LogP contribution in [0, 0.1) is 11.7 Å². The molecule has 1 aromatic carbocycles. The Labute approximate surface area is 152 Å². The zero-order valence-corrected chi connectivity index (χ0v) is 15.2. The molecule has 2 heterocycles. The highest BCUT2D eigenvalue weighted by Gasteiger charge is 2.35. The Balaban J connectivity index is 1.60. The molecule has 2 amide bonds. The van der Waals surface area contributed by atoms with Crippen LogP contribution in [-0.2, 0) is 9.59 Å². The van der Waals surface area contributed by atoms with Gasteiger partial charge >= 0.3 is 0 Å². The first-order chi connectivity index (χ1) is 12.1. The fourth-order valence-corrected chi connectivity index (χ4v) is 4.15. The maximum absolute atomic E-state index is 13.0. The summed E-state index contributed by atoms with van der Waals surface area (Å²) in [4.78, 5) is 26.1. The van der Waals surface area contributed by atoms with Crippen LogP contribution < -0.4 is 10.2 Å². The Bertz CT molecular complexity index is 766. The van der Waals surface area contributed by atoms with E-state index in [0.29, 0.717) is 10.8 Å². The van der Waals surface area contributed by atoms with Gasteiger partial charge in [-0.25, -0.2) is 4.39 Å². The van der Waals surface area contributed by atoms with Crippen molar-refractivity contribution in [3.63, 3.8) is 0 Å². The van der Waals surface area contributed by atoms with Crippen molar-refractivity contribution in [1.29, 1.82) is 0 Å². The predicted octanol–water partition coefficient (Wildman–Crippen LogP) is 3.17. The summed E-state index contributed by atoms with van der Waals surface area (Å²) in [6, 6.07) is 5.67. The fourth-order valence-electron chi connectivity index (χ4n) is 2.47. The highest BCUT2D eigenvalue weighted by Crippen LogP contribution is 2.28. The summed E-state index contributed by atoms with van der Waals surface area (Å²) in [6.07, 6.45) is 1.16. The van der Waals surface area contributed by atoms with Crippen LogP contribution in [0.3, 0.4) is 0 Å². The van der Waals surface area contributed by atoms with Crippen LogP contribution in [0.4, 0.5) is 15.2 Å². The van der Waals surface area contributed by atoms with Gasteiger partial charge in [-0.2, -0.15) is 0 Å². The molecule has 9 heteroatoms. The minimum absolute atomic E-state index is 0.124. The third kappa shape index (κ3) is 4.35. The molecule has 1 fully saturated rings. The lowest BCUT2D eigenvalue weighted by molar-refractivity contribution is -0.122. The van der Waals surface area contributed by atoms with Gasteiger partial charge in [0.05, 0.1) is 5.92 Å². The maximum atomic E-state index is 13.0. The lowest BCUT2D eigenvalue weighted by Gasteiger charge is -2.16. The van der Waals surface area contributed by atoms with Crippen molar-refractivity contribution in [1.82, 2.24) is 10.2 Å². The molecule has 25 heavy (non-hydrogen) atoms. The minimum atomic E-state index is -0.465. The van der Waals surface area contributed by atoms with Gasteiger partial charge in [-0.05, 0) is 30.7 Å². The topological polar surface area (TPSA) is 75.2 Å². The number of hydrogen-bond donors (Lipinski definition) is 1. The quantitative estimate of drug-likeness (QED) is 0.615. The van der Waals surface area contributed by atoms with Crippen molar-refractivity contribution in [2.24, 2.45) is 5.92 Å². The Hall–Kier alpha value is -2.00. The average Bonchev–Trinajstić information content (AvgIpc) is 3.20. The maximum Gasteiger partial charge on any atom is 0.231 e. The number of carbonyl (C=O) groups excluding carboxylic acids is 2. The zero-order chi connectivity index (χ0) is 17.8. The predicted molar refractivity (Wildman–Crippen MR) is 96.4 cm³/mol. The van der Waals surface area contributed by atoms with Gasteiger partial charge in [0.25, 0.3) is 0 Å². The van der Waals surface area contributed by atoms with Gasteiger partial charge in [0.15, 0.2) is 4.34 Å². The number of thioether (sulfide) groups is 1. The third-order valence-corrected chi connectivity index (χ3v) is 5.88. The summed E-state index contributed by atoms with van der Waals surface area (Å²) < 4.78 is 13.8. The minimum Gasteiger partial charge on any atom is -0.312 e. The molecule has 6 nitrogen and oxygen atoms in total. The van der Waals surface area contributed by atoms with E-state index in [0.717, 1.165) is 16.5 Å². The first-order valence-corrected chi connectivity index (χ1v) is 9.70. The monoisotopic (exact) mass is 380 g/mol. The number of nitrogens with one attached hydrogen (secondary N) is 1. The van der Waals surface area contributed by atoms with Crippen LogP contribution in [0.5, 0.6) is 0 Å². The van der Waals surface area contributed by atoms with Crippen LogP contribution in [0.25, 0.3) is 0 Å². The summed E-state index contributed by atoms with van der Waals surface area (Å²) in [5.41, 5.74) is 0.593. The van der Waals surface area contributed by atoms with Crippen molar-refractivity contribution in [3.8, 4) is 0 Å². The molecule has 132 valence electrons. The largest absolute Gasteiger partial charge is 0.312 e. The number of anilines is 2. The summed E-state index contributed by atoms with van der Waals surface area (Å²) in [5.74, 6) is -0.276. The second-order valence-electron chi connectivity index (χ2n) is 5.59. The smallest absolute Gasteiger partial charge is 0.231 e. The van der Waals surface area contributed by atoms with E-state index in [1.807, 2.05) is 0 Å². The number of carbonyl (C=O) groups is 2. The highest BCUT2D eigenvalue weighted by molar-refractivity contribution is 8.01. The average molecular weight is 380 g/mol. The summed E-state index contributed by atoms with van der Waals surface area (Å²) in [6.45, 7) is 2.35. The van der Waals surface area contributed by atoms with E-state index >= 15 is 0 Å². The number of rotatable bonds is 6. The van der Waals surface area contributed by atoms with Crippen LogP contribution in [0.1, 0.15) is 19.8 Å². The standard InChI is InChI=1S/C16H17FN4O2S2/c1-2-7-24-16-20-19-15(25-16)18-14(23)10-8-13(22)21(9-10)12-5-3-11(17)4-6-12/h3-6,10H,2,7-9H2,1H3,(H,18,19,23)/t10-/m0/s1. The first kappa shape index (κ1) is 17.8. The second-order valence-corrected chi connectivity index (χ2v) is 7.91. The van der Waals surface area contributed by atoms with E-state index in [4.69, 9.17) is 0 Å². The van der Waals surface area contributed by atoms with E-state index < -0.39 is 5.92 Å². The normalized spacial score (nSPS) is 17.1. The van der Waals surface area contributed by atoms with E-state index in [1.54, 1.807) is 11.8 Å². The molecule has 3 rings (SSSR count). The molecule has 1 N–H and O–H groups in total. The van der Waals surface area contributed by atoms with E-state index in [1.165, 1.54) is 40.5 Å². The van der Waals surface area contributed by atoms with Crippen molar-refractivity contribution in [2.75, 3.05) is 22.5 Å². The van der Waals surface area contributed by atoms with E-state index in [9.17, 15) is 14.0 Å². The number of amides is 2. The van der Waals surface area contributed by atoms with Crippen LogP contribution in [0.15, 0.2) is 28.6 Å². The van der Waals surface area contributed by atoms with E-state index in [2.05, 4.69) is 22.4 Å². The van der Waals surface area contributed by atoms with Crippen molar-refractivity contribution in [2.45, 2.75) is 24.1 Å². The van der Waals surface area contributed by atoms with E-state index in [-0.39, 0.29) is 30.6 Å². The van der Waals surface area contributed by atoms with Crippen molar-refractivity contribution < 1.29 is 14.0 Å². The van der Waals surface area contributed by atoms with Gasteiger partial charge < -0.3 is 10.2 Å². The lowest BCUT2D eigenvalue weighted by atomic mass is 10.1. The summed E-state index contributed by atoms with van der Waals surface area (Å²) >= 11 is 2.93. The zero-order valence-electron chi connectivity index (χ0n) is 13.6. The van der Waals surface area contributed by atoms with Gasteiger partial charge in [-0.3, -0.25) is 9.59 Å². The molecule has 0 spiro atoms. The van der Waals surface area contributed by atoms with Crippen molar-refractivity contribution >= 4 is 45.7 Å². The Kier molecular flexibility index (Phi) is 5.64. The molecule has 1 aliphatic rings. The SMILES string of the molecule is CCCSc1nnc(NC(=O)[C@H]2CC(=O)N(c3ccc(F)cc3)C2)s1. The van der Waals surface area contributed by atoms with Gasteiger partial charge in [-0.1, -0.05) is 30.0 Å². The van der Waals surface area contributed by atoms with Crippen LogP contribution >= 0.6 is 23.1 Å². The Morgan fingerprint density at radius 2 is 2.16 bits per heavy atom. The molecule has 0 unspecified atom stereocenters. The van der Waals surface area contributed by atoms with Crippen LogP contribution in [-0.4, -0.2) is 34.3 Å². The molecule has 1 aliphatic heterocycles. The first-order valence-electron chi connectivity index (χ1n) is 7.90. The summed E-state index contributed by atoms with van der Waals surface area (Å²) in [7, 11) is 0. The molecule has 1 saturated heterocycles. The highest BCUT2D eigenvalue weighted by atomic mass is 32.2. The molecular weight excluding hydrogens is 363 g/mol. The Morgan fingerprint density at radius 1 is 1.40 bits per heavy atom. The summed E-state index contributed by atoms with van der Waals surface area (Å²) in [5, 5.41) is 11.2. The van der Waals surface area contributed by atoms with Crippen LogP contribution in [0.2, 0.25) is 0 Å². The van der Waals surface area contributed by atoms with Crippen molar-refractivity contribution in [3.05, 3.63) is 30.1 Å². The molecule has 0 saturated carbocycles. The van der Waals surface area contributed by atoms with Gasteiger partial charge in [0.2, 0.25) is 16.9 Å². The lowest BCUT2D eigenvalue weighted by Crippen LogP contribution is -2.28. The molecule has 0 aliphatic carbocycles. The number of halogens is 1. The third-order valence-electron chi connectivity index (χ3n) is 3.70. The fraction of sp³-hybridized carbons (Fsp3) is 0.375. The van der Waals surface area contributed by atoms with Gasteiger partial charge in [-0.15, -0.1) is 10.2 Å². The number of hydrogen-bond acceptors (Lipinski definition) is 6. The Morgan fingerprint density at radius 3 is 2.88 bits per heavy atom. The second kappa shape index (κ2) is 7.92. The molecule has 2 aromatic rings. The molecular formula is C16H17FN4O2S2. The van der Waals surface area contributed by atoms with Gasteiger partial charge in [0.1, 0.15) is 5.82 Å². The molecule has 1 aromatic heterocycles. The number of nitrogens with zero attached hydrogens (tertiary/aromatic N) is 3. The molecule has 1 atom stereocenters. The number of benzene rings is 1. The number of aromatic nitrogens is 2. The van der Waals surface area contributed by atoms with Gasteiger partial charge in [0, 0.05) is 24.4 Å². The molecule has 0 bridgehead atoms.